The number of fused-ring (bicyclic) bond motifs is 2. The Hall–Kier alpha value is -4.01. The minimum atomic E-state index is -0.0707. The maximum Gasteiger partial charge on any atom is 0.259 e. The summed E-state index contributed by atoms with van der Waals surface area (Å²) in [4.78, 5) is 35.6. The van der Waals surface area contributed by atoms with Crippen LogP contribution >= 0.6 is 0 Å². The Kier molecular flexibility index (Phi) is 8.28. The van der Waals surface area contributed by atoms with Crippen molar-refractivity contribution < 1.29 is 14.1 Å². The molecule has 40 heavy (non-hydrogen) atoms. The lowest BCUT2D eigenvalue weighted by Crippen LogP contribution is -2.35. The predicted molar refractivity (Wildman–Crippen MR) is 154 cm³/mol. The first-order valence-corrected chi connectivity index (χ1v) is 14.3. The lowest BCUT2D eigenvalue weighted by molar-refractivity contribution is -0.116. The van der Waals surface area contributed by atoms with Crippen molar-refractivity contribution >= 4 is 28.6 Å². The number of pyridine rings is 1. The van der Waals surface area contributed by atoms with Gasteiger partial charge in [-0.2, -0.15) is 5.10 Å². The Bertz CT molecular complexity index is 1490. The summed E-state index contributed by atoms with van der Waals surface area (Å²) in [6.07, 6.45) is 8.71. The topological polar surface area (TPSA) is 97.4 Å². The van der Waals surface area contributed by atoms with Crippen LogP contribution in [0.1, 0.15) is 91.7 Å². The van der Waals surface area contributed by atoms with E-state index in [4.69, 9.17) is 4.52 Å². The number of anilines is 1. The lowest BCUT2D eigenvalue weighted by atomic mass is 10.0. The van der Waals surface area contributed by atoms with Crippen molar-refractivity contribution in [2.24, 2.45) is 0 Å². The van der Waals surface area contributed by atoms with E-state index >= 15 is 0 Å². The molecule has 0 bridgehead atoms. The van der Waals surface area contributed by atoms with Crippen LogP contribution in [-0.4, -0.2) is 49.7 Å². The summed E-state index contributed by atoms with van der Waals surface area (Å²) in [6, 6.07) is 10.0. The van der Waals surface area contributed by atoms with Crippen LogP contribution in [0.2, 0.25) is 0 Å². The molecule has 0 saturated carbocycles. The quantitative estimate of drug-likeness (QED) is 0.320. The maximum atomic E-state index is 14.3. The Morgan fingerprint density at radius 1 is 1.05 bits per heavy atom. The average molecular weight is 543 g/mol. The first kappa shape index (κ1) is 27.6. The molecular formula is C31H38N6O3. The second-order valence-electron chi connectivity index (χ2n) is 11.0. The number of aryl methyl sites for hydroxylation is 1. The van der Waals surface area contributed by atoms with Crippen molar-refractivity contribution in [1.29, 1.82) is 0 Å². The first-order valence-electron chi connectivity index (χ1n) is 14.3. The van der Waals surface area contributed by atoms with Crippen LogP contribution in [0.4, 0.5) is 5.69 Å². The van der Waals surface area contributed by atoms with Gasteiger partial charge in [-0.3, -0.25) is 14.3 Å². The largest absolute Gasteiger partial charge is 0.336 e. The molecule has 0 atom stereocenters. The predicted octanol–water partition coefficient (Wildman–Crippen LogP) is 5.86. The molecule has 1 aliphatic heterocycles. The van der Waals surface area contributed by atoms with Gasteiger partial charge in [0.25, 0.3) is 11.6 Å². The highest BCUT2D eigenvalue weighted by atomic mass is 16.5. The smallest absolute Gasteiger partial charge is 0.259 e. The van der Waals surface area contributed by atoms with E-state index in [2.05, 4.69) is 47.3 Å². The van der Waals surface area contributed by atoms with Crippen LogP contribution in [0, 0.1) is 6.92 Å². The van der Waals surface area contributed by atoms with E-state index in [9.17, 15) is 9.59 Å². The molecule has 1 aliphatic rings. The van der Waals surface area contributed by atoms with Gasteiger partial charge < -0.3 is 14.3 Å². The number of aromatic nitrogens is 4. The van der Waals surface area contributed by atoms with Gasteiger partial charge in [-0.1, -0.05) is 50.4 Å². The highest BCUT2D eigenvalue weighted by Gasteiger charge is 2.26. The molecule has 0 unspecified atom stereocenters. The number of carbonyl (C=O) groups excluding carboxylic acids is 2. The molecule has 4 aromatic rings. The van der Waals surface area contributed by atoms with Crippen LogP contribution in [0.3, 0.4) is 0 Å². The van der Waals surface area contributed by atoms with Crippen molar-refractivity contribution in [3.8, 4) is 0 Å². The average Bonchev–Trinajstić information content (AvgIpc) is 3.58. The zero-order valence-corrected chi connectivity index (χ0v) is 23.9. The molecule has 0 aliphatic carbocycles. The molecule has 4 heterocycles. The second-order valence-corrected chi connectivity index (χ2v) is 11.0. The van der Waals surface area contributed by atoms with Crippen molar-refractivity contribution in [3.05, 3.63) is 70.8 Å². The number of carbonyl (C=O) groups is 2. The van der Waals surface area contributed by atoms with Crippen molar-refractivity contribution in [2.45, 2.75) is 78.8 Å². The highest BCUT2D eigenvalue weighted by molar-refractivity contribution is 6.06. The first-order chi connectivity index (χ1) is 19.3. The molecule has 0 N–H and O–H groups in total. The number of amides is 2. The van der Waals surface area contributed by atoms with Crippen molar-refractivity contribution in [2.75, 3.05) is 18.0 Å². The van der Waals surface area contributed by atoms with Crippen LogP contribution in [-0.2, 0) is 17.9 Å². The number of rotatable bonds is 4. The standard InChI is InChI=1S/C31H38N6O3/c1-21(2)27-18-26(29-22(3)34-40-30(29)33-27)31(39)35-14-8-6-5-7-9-16-37(23(4)38)28-17-24(11-12-25(28)20-35)19-36-15-10-13-32-36/h10-13,15,17-18,21H,5-9,14,16,19-20H2,1-4H3. The molecular weight excluding hydrogens is 504 g/mol. The molecule has 9 nitrogen and oxygen atoms in total. The van der Waals surface area contributed by atoms with E-state index < -0.39 is 0 Å². The van der Waals surface area contributed by atoms with Gasteiger partial charge in [-0.25, -0.2) is 4.98 Å². The fraction of sp³-hybridized carbons (Fsp3) is 0.452. The minimum Gasteiger partial charge on any atom is -0.336 e. The number of hydrogen-bond donors (Lipinski definition) is 0. The van der Waals surface area contributed by atoms with Gasteiger partial charge in [-0.05, 0) is 55.0 Å². The fourth-order valence-corrected chi connectivity index (χ4v) is 5.43. The molecule has 0 radical (unpaired) electrons. The van der Waals surface area contributed by atoms with Crippen LogP contribution in [0.25, 0.3) is 11.1 Å². The van der Waals surface area contributed by atoms with E-state index in [0.29, 0.717) is 48.5 Å². The Balaban J connectivity index is 1.57. The van der Waals surface area contributed by atoms with Gasteiger partial charge in [0.2, 0.25) is 5.91 Å². The van der Waals surface area contributed by atoms with E-state index in [1.165, 1.54) is 0 Å². The molecule has 0 spiro atoms. The van der Waals surface area contributed by atoms with Crippen molar-refractivity contribution in [1.82, 2.24) is 24.8 Å². The summed E-state index contributed by atoms with van der Waals surface area (Å²) in [7, 11) is 0. The zero-order chi connectivity index (χ0) is 28.2. The monoisotopic (exact) mass is 542 g/mol. The maximum absolute atomic E-state index is 14.3. The van der Waals surface area contributed by atoms with Gasteiger partial charge >= 0.3 is 0 Å². The summed E-state index contributed by atoms with van der Waals surface area (Å²) in [5.41, 5.74) is 5.28. The van der Waals surface area contributed by atoms with Crippen LogP contribution in [0.5, 0.6) is 0 Å². The van der Waals surface area contributed by atoms with Crippen LogP contribution < -0.4 is 4.90 Å². The van der Waals surface area contributed by atoms with Crippen molar-refractivity contribution in [3.63, 3.8) is 0 Å². The van der Waals surface area contributed by atoms with Gasteiger partial charge in [0.15, 0.2) is 0 Å². The molecule has 3 aromatic heterocycles. The fourth-order valence-electron chi connectivity index (χ4n) is 5.43. The van der Waals surface area contributed by atoms with Crippen LogP contribution in [0.15, 0.2) is 47.2 Å². The third-order valence-electron chi connectivity index (χ3n) is 7.64. The Morgan fingerprint density at radius 2 is 1.82 bits per heavy atom. The normalized spacial score (nSPS) is 15.1. The minimum absolute atomic E-state index is 0.00457. The summed E-state index contributed by atoms with van der Waals surface area (Å²) in [5, 5.41) is 9.12. The summed E-state index contributed by atoms with van der Waals surface area (Å²) in [5.74, 6) is 0.0641. The lowest BCUT2D eigenvalue weighted by Gasteiger charge is -2.29. The molecule has 5 rings (SSSR count). The van der Waals surface area contributed by atoms with Gasteiger partial charge in [0, 0.05) is 50.3 Å². The number of benzene rings is 1. The number of nitrogens with zero attached hydrogens (tertiary/aromatic N) is 6. The molecule has 210 valence electrons. The van der Waals surface area contributed by atoms with E-state index in [1.807, 2.05) is 39.7 Å². The molecule has 0 fully saturated rings. The molecule has 1 aromatic carbocycles. The van der Waals surface area contributed by atoms with Gasteiger partial charge in [-0.15, -0.1) is 0 Å². The highest BCUT2D eigenvalue weighted by Crippen LogP contribution is 2.30. The second kappa shape index (κ2) is 12.0. The van der Waals surface area contributed by atoms with E-state index in [-0.39, 0.29) is 17.7 Å². The summed E-state index contributed by atoms with van der Waals surface area (Å²) >= 11 is 0. The van der Waals surface area contributed by atoms with E-state index in [1.54, 1.807) is 13.1 Å². The third kappa shape index (κ3) is 5.93. The van der Waals surface area contributed by atoms with Gasteiger partial charge in [0.1, 0.15) is 0 Å². The SMILES string of the molecule is CC(=O)N1CCCCCCCN(C(=O)c2cc(C(C)C)nc3onc(C)c23)Cc2ccc(Cn3cccn3)cc21. The van der Waals surface area contributed by atoms with E-state index in [0.717, 1.165) is 54.6 Å². The summed E-state index contributed by atoms with van der Waals surface area (Å²) < 4.78 is 7.37. The summed E-state index contributed by atoms with van der Waals surface area (Å²) in [6.45, 7) is 9.85. The third-order valence-corrected chi connectivity index (χ3v) is 7.64. The molecule has 0 saturated heterocycles. The Morgan fingerprint density at radius 3 is 2.55 bits per heavy atom. The van der Waals surface area contributed by atoms with Gasteiger partial charge in [0.05, 0.1) is 23.2 Å². The molecule has 9 heteroatoms. The Labute approximate surface area is 235 Å². The number of hydrogen-bond acceptors (Lipinski definition) is 6. The molecule has 2 amide bonds. The zero-order valence-electron chi connectivity index (χ0n) is 23.9.